The van der Waals surface area contributed by atoms with Crippen molar-refractivity contribution in [2.75, 3.05) is 19.7 Å². The molecule has 88 valence electrons. The van der Waals surface area contributed by atoms with E-state index in [0.717, 1.165) is 29.9 Å². The highest BCUT2D eigenvalue weighted by atomic mass is 79.9. The van der Waals surface area contributed by atoms with Crippen molar-refractivity contribution in [2.45, 2.75) is 19.8 Å². The molecule has 0 radical (unpaired) electrons. The molecule has 1 aromatic carbocycles. The van der Waals surface area contributed by atoms with Crippen molar-refractivity contribution < 1.29 is 4.74 Å². The number of nitrogens with one attached hydrogen (secondary N) is 1. The van der Waals surface area contributed by atoms with Crippen molar-refractivity contribution in [1.29, 1.82) is 0 Å². The third-order valence-electron chi connectivity index (χ3n) is 3.01. The topological polar surface area (TPSA) is 21.3 Å². The Labute approximate surface area is 106 Å². The maximum atomic E-state index is 5.87. The molecule has 1 N–H and O–H groups in total. The molecule has 0 aromatic heterocycles. The molecule has 1 aliphatic rings. The van der Waals surface area contributed by atoms with Crippen LogP contribution in [-0.4, -0.2) is 19.7 Å². The van der Waals surface area contributed by atoms with E-state index in [4.69, 9.17) is 4.74 Å². The standard InChI is InChI=1S/C13H18BrNO/c1-10-7-12(14)4-5-13(10)16-9-11-3-2-6-15-8-11/h4-5,7,11,15H,2-3,6,8-9H2,1H3/t11-/m1/s1. The normalized spacial score (nSPS) is 20.8. The van der Waals surface area contributed by atoms with Gasteiger partial charge in [-0.1, -0.05) is 15.9 Å². The van der Waals surface area contributed by atoms with E-state index in [0.29, 0.717) is 5.92 Å². The molecule has 16 heavy (non-hydrogen) atoms. The Morgan fingerprint density at radius 3 is 3.06 bits per heavy atom. The van der Waals surface area contributed by atoms with Crippen LogP contribution in [0.5, 0.6) is 5.75 Å². The summed E-state index contributed by atoms with van der Waals surface area (Å²) in [6.45, 7) is 5.16. The van der Waals surface area contributed by atoms with E-state index in [-0.39, 0.29) is 0 Å². The number of ether oxygens (including phenoxy) is 1. The van der Waals surface area contributed by atoms with Crippen LogP contribution in [0.15, 0.2) is 22.7 Å². The van der Waals surface area contributed by atoms with Crippen LogP contribution < -0.4 is 10.1 Å². The zero-order valence-corrected chi connectivity index (χ0v) is 11.2. The summed E-state index contributed by atoms with van der Waals surface area (Å²) in [5.74, 6) is 1.67. The number of aryl methyl sites for hydroxylation is 1. The van der Waals surface area contributed by atoms with Gasteiger partial charge in [0.25, 0.3) is 0 Å². The summed E-state index contributed by atoms with van der Waals surface area (Å²) in [5, 5.41) is 3.41. The van der Waals surface area contributed by atoms with Gasteiger partial charge < -0.3 is 10.1 Å². The minimum absolute atomic E-state index is 0.664. The number of hydrogen-bond donors (Lipinski definition) is 1. The highest BCUT2D eigenvalue weighted by Crippen LogP contribution is 2.23. The van der Waals surface area contributed by atoms with E-state index in [1.165, 1.54) is 18.4 Å². The van der Waals surface area contributed by atoms with E-state index in [9.17, 15) is 0 Å². The fourth-order valence-corrected chi connectivity index (χ4v) is 2.52. The van der Waals surface area contributed by atoms with Gasteiger partial charge in [-0.15, -0.1) is 0 Å². The molecule has 0 aliphatic carbocycles. The van der Waals surface area contributed by atoms with Gasteiger partial charge in [-0.25, -0.2) is 0 Å². The monoisotopic (exact) mass is 283 g/mol. The molecule has 0 saturated carbocycles. The molecule has 1 fully saturated rings. The zero-order chi connectivity index (χ0) is 11.4. The Kier molecular flexibility index (Phi) is 4.24. The molecule has 2 nitrogen and oxygen atoms in total. The first-order chi connectivity index (χ1) is 7.75. The van der Waals surface area contributed by atoms with E-state index in [2.05, 4.69) is 34.2 Å². The second kappa shape index (κ2) is 5.69. The number of hydrogen-bond acceptors (Lipinski definition) is 2. The van der Waals surface area contributed by atoms with Gasteiger partial charge in [0.05, 0.1) is 6.61 Å². The summed E-state index contributed by atoms with van der Waals surface area (Å²) in [7, 11) is 0. The molecular formula is C13H18BrNO. The summed E-state index contributed by atoms with van der Waals surface area (Å²) in [5.41, 5.74) is 1.19. The molecule has 0 spiro atoms. The maximum absolute atomic E-state index is 5.87. The third-order valence-corrected chi connectivity index (χ3v) is 3.50. The molecule has 0 bridgehead atoms. The van der Waals surface area contributed by atoms with Gasteiger partial charge in [-0.05, 0) is 50.1 Å². The fourth-order valence-electron chi connectivity index (χ4n) is 2.05. The van der Waals surface area contributed by atoms with Crippen LogP contribution >= 0.6 is 15.9 Å². The van der Waals surface area contributed by atoms with Crippen molar-refractivity contribution in [3.63, 3.8) is 0 Å². The van der Waals surface area contributed by atoms with E-state index < -0.39 is 0 Å². The molecule has 1 saturated heterocycles. The Morgan fingerprint density at radius 1 is 1.50 bits per heavy atom. The lowest BCUT2D eigenvalue weighted by Gasteiger charge is -2.23. The molecule has 0 unspecified atom stereocenters. The molecule has 3 heteroatoms. The number of halogens is 1. The lowest BCUT2D eigenvalue weighted by Crippen LogP contribution is -2.33. The van der Waals surface area contributed by atoms with Crippen molar-refractivity contribution in [1.82, 2.24) is 5.32 Å². The van der Waals surface area contributed by atoms with Crippen molar-refractivity contribution >= 4 is 15.9 Å². The molecule has 1 heterocycles. The van der Waals surface area contributed by atoms with Gasteiger partial charge in [0, 0.05) is 16.9 Å². The van der Waals surface area contributed by atoms with Crippen molar-refractivity contribution in [3.05, 3.63) is 28.2 Å². The van der Waals surface area contributed by atoms with Crippen LogP contribution in [0.2, 0.25) is 0 Å². The number of rotatable bonds is 3. The first kappa shape index (κ1) is 11.9. The Balaban J connectivity index is 1.88. The molecule has 0 amide bonds. The average Bonchev–Trinajstić information content (AvgIpc) is 2.29. The zero-order valence-electron chi connectivity index (χ0n) is 9.63. The number of benzene rings is 1. The Hall–Kier alpha value is -0.540. The lowest BCUT2D eigenvalue weighted by molar-refractivity contribution is 0.217. The molecule has 1 aliphatic heterocycles. The molecule has 2 rings (SSSR count). The predicted octanol–water partition coefficient (Wildman–Crippen LogP) is 3.14. The smallest absolute Gasteiger partial charge is 0.122 e. The molecular weight excluding hydrogens is 266 g/mol. The van der Waals surface area contributed by atoms with Gasteiger partial charge in [0.2, 0.25) is 0 Å². The highest BCUT2D eigenvalue weighted by Gasteiger charge is 2.13. The Bertz CT molecular complexity index is 348. The van der Waals surface area contributed by atoms with Crippen LogP contribution in [0.25, 0.3) is 0 Å². The van der Waals surface area contributed by atoms with Gasteiger partial charge in [0.15, 0.2) is 0 Å². The minimum atomic E-state index is 0.664. The SMILES string of the molecule is Cc1cc(Br)ccc1OC[C@@H]1CCCNC1. The first-order valence-electron chi connectivity index (χ1n) is 5.85. The van der Waals surface area contributed by atoms with E-state index >= 15 is 0 Å². The van der Waals surface area contributed by atoms with Crippen molar-refractivity contribution in [3.8, 4) is 5.75 Å². The van der Waals surface area contributed by atoms with E-state index in [1.807, 2.05) is 12.1 Å². The van der Waals surface area contributed by atoms with Crippen molar-refractivity contribution in [2.24, 2.45) is 5.92 Å². The summed E-state index contributed by atoms with van der Waals surface area (Å²) < 4.78 is 6.98. The van der Waals surface area contributed by atoms with Crippen LogP contribution in [0, 0.1) is 12.8 Å². The minimum Gasteiger partial charge on any atom is -0.493 e. The second-order valence-corrected chi connectivity index (χ2v) is 5.35. The van der Waals surface area contributed by atoms with Gasteiger partial charge in [0.1, 0.15) is 5.75 Å². The van der Waals surface area contributed by atoms with Crippen LogP contribution in [0.4, 0.5) is 0 Å². The average molecular weight is 284 g/mol. The third kappa shape index (κ3) is 3.22. The predicted molar refractivity (Wildman–Crippen MR) is 70.0 cm³/mol. The van der Waals surface area contributed by atoms with Crippen LogP contribution in [0.1, 0.15) is 18.4 Å². The summed E-state index contributed by atoms with van der Waals surface area (Å²) in [4.78, 5) is 0. The van der Waals surface area contributed by atoms with E-state index in [1.54, 1.807) is 0 Å². The maximum Gasteiger partial charge on any atom is 0.122 e. The highest BCUT2D eigenvalue weighted by molar-refractivity contribution is 9.10. The van der Waals surface area contributed by atoms with Crippen LogP contribution in [-0.2, 0) is 0 Å². The summed E-state index contributed by atoms with van der Waals surface area (Å²) in [6.07, 6.45) is 2.55. The van der Waals surface area contributed by atoms with Gasteiger partial charge in [-0.3, -0.25) is 0 Å². The second-order valence-electron chi connectivity index (χ2n) is 4.43. The molecule has 1 atom stereocenters. The summed E-state index contributed by atoms with van der Waals surface area (Å²) >= 11 is 3.46. The van der Waals surface area contributed by atoms with Crippen LogP contribution in [0.3, 0.4) is 0 Å². The summed E-state index contributed by atoms with van der Waals surface area (Å²) in [6, 6.07) is 6.16. The Morgan fingerprint density at radius 2 is 2.38 bits per heavy atom. The quantitative estimate of drug-likeness (QED) is 0.920. The number of piperidine rings is 1. The first-order valence-corrected chi connectivity index (χ1v) is 6.64. The van der Waals surface area contributed by atoms with Gasteiger partial charge in [-0.2, -0.15) is 0 Å². The largest absolute Gasteiger partial charge is 0.493 e. The van der Waals surface area contributed by atoms with Gasteiger partial charge >= 0.3 is 0 Å². The fraction of sp³-hybridized carbons (Fsp3) is 0.538. The lowest BCUT2D eigenvalue weighted by atomic mass is 10.0. The molecule has 1 aromatic rings.